The van der Waals surface area contributed by atoms with Crippen LogP contribution in [0, 0.1) is 11.3 Å². The van der Waals surface area contributed by atoms with Gasteiger partial charge in [0.15, 0.2) is 0 Å². The summed E-state index contributed by atoms with van der Waals surface area (Å²) in [5, 5.41) is 10.2. The smallest absolute Gasteiger partial charge is 0.139 e. The maximum Gasteiger partial charge on any atom is 0.139 e. The van der Waals surface area contributed by atoms with Crippen LogP contribution in [0.2, 0.25) is 0 Å². The number of pyridine rings is 1. The number of nitriles is 1. The highest BCUT2D eigenvalue weighted by atomic mass is 16.5. The Morgan fingerprint density at radius 3 is 2.95 bits per heavy atom. The average Bonchev–Trinajstić information content (AvgIpc) is 3.21. The molecule has 1 fully saturated rings. The van der Waals surface area contributed by atoms with Crippen molar-refractivity contribution in [1.29, 1.82) is 5.26 Å². The first-order chi connectivity index (χ1) is 10.9. The molecule has 3 heterocycles. The zero-order valence-electron chi connectivity index (χ0n) is 12.2. The maximum absolute atomic E-state index is 9.06. The fraction of sp³-hybridized carbons (Fsp3) is 0.294. The summed E-state index contributed by atoms with van der Waals surface area (Å²) in [6, 6.07) is 4.30. The van der Waals surface area contributed by atoms with Crippen molar-refractivity contribution >= 4 is 22.3 Å². The number of aromatic nitrogens is 2. The van der Waals surface area contributed by atoms with Gasteiger partial charge in [-0.2, -0.15) is 5.26 Å². The van der Waals surface area contributed by atoms with Gasteiger partial charge in [-0.05, 0) is 17.7 Å². The van der Waals surface area contributed by atoms with Crippen LogP contribution in [0.25, 0.3) is 16.6 Å². The minimum Gasteiger partial charge on any atom is -0.378 e. The molecule has 0 bridgehead atoms. The first-order valence-electron chi connectivity index (χ1n) is 7.47. The highest BCUT2D eigenvalue weighted by Crippen LogP contribution is 2.36. The largest absolute Gasteiger partial charge is 0.378 e. The van der Waals surface area contributed by atoms with E-state index < -0.39 is 0 Å². The van der Waals surface area contributed by atoms with Crippen LogP contribution in [-0.4, -0.2) is 36.3 Å². The van der Waals surface area contributed by atoms with Crippen LogP contribution in [0.1, 0.15) is 12.0 Å². The second kappa shape index (κ2) is 5.32. The van der Waals surface area contributed by atoms with E-state index in [2.05, 4.69) is 33.1 Å². The monoisotopic (exact) mass is 292 g/mol. The van der Waals surface area contributed by atoms with E-state index in [0.717, 1.165) is 54.0 Å². The van der Waals surface area contributed by atoms with E-state index in [1.54, 1.807) is 0 Å². The summed E-state index contributed by atoms with van der Waals surface area (Å²) in [6.45, 7) is 3.29. The van der Waals surface area contributed by atoms with Gasteiger partial charge in [0, 0.05) is 48.4 Å². The fourth-order valence-electron chi connectivity index (χ4n) is 3.13. The topological polar surface area (TPSA) is 64.9 Å². The highest BCUT2D eigenvalue weighted by molar-refractivity contribution is 6.02. The van der Waals surface area contributed by atoms with E-state index in [9.17, 15) is 0 Å². The van der Waals surface area contributed by atoms with Crippen molar-refractivity contribution in [2.75, 3.05) is 31.2 Å². The van der Waals surface area contributed by atoms with Crippen molar-refractivity contribution in [2.24, 2.45) is 0 Å². The number of morpholine rings is 1. The molecule has 22 heavy (non-hydrogen) atoms. The van der Waals surface area contributed by atoms with Crippen LogP contribution < -0.4 is 4.90 Å². The number of nitrogens with one attached hydrogen (secondary N) is 1. The van der Waals surface area contributed by atoms with Gasteiger partial charge in [0.2, 0.25) is 0 Å². The molecule has 0 saturated carbocycles. The number of nitrogens with zero attached hydrogens (tertiary/aromatic N) is 3. The Kier molecular flexibility index (Phi) is 3.17. The van der Waals surface area contributed by atoms with Crippen molar-refractivity contribution in [1.82, 2.24) is 9.97 Å². The molecular formula is C17H16N4O. The molecule has 2 aromatic rings. The van der Waals surface area contributed by atoms with Crippen LogP contribution >= 0.6 is 0 Å². The molecule has 1 N–H and O–H groups in total. The predicted molar refractivity (Wildman–Crippen MR) is 85.4 cm³/mol. The molecule has 1 aliphatic carbocycles. The lowest BCUT2D eigenvalue weighted by Gasteiger charge is -2.29. The van der Waals surface area contributed by atoms with Crippen molar-refractivity contribution < 1.29 is 4.74 Å². The van der Waals surface area contributed by atoms with Crippen molar-refractivity contribution in [3.05, 3.63) is 41.7 Å². The fourth-order valence-corrected chi connectivity index (χ4v) is 3.13. The maximum atomic E-state index is 9.06. The molecule has 0 radical (unpaired) electrons. The van der Waals surface area contributed by atoms with Gasteiger partial charge in [-0.1, -0.05) is 6.08 Å². The second-order valence-corrected chi connectivity index (χ2v) is 5.50. The normalized spacial score (nSPS) is 18.2. The number of ether oxygens (including phenoxy) is 1. The third kappa shape index (κ3) is 2.09. The third-order valence-electron chi connectivity index (χ3n) is 4.23. The number of allylic oxidation sites excluding steroid dienone is 4. The molecule has 1 aliphatic heterocycles. The minimum absolute atomic E-state index is 0.714. The van der Waals surface area contributed by atoms with Gasteiger partial charge in [0.1, 0.15) is 5.65 Å². The summed E-state index contributed by atoms with van der Waals surface area (Å²) in [5.41, 5.74) is 5.10. The zero-order chi connectivity index (χ0) is 14.9. The van der Waals surface area contributed by atoms with Crippen LogP contribution in [0.3, 0.4) is 0 Å². The lowest BCUT2D eigenvalue weighted by Crippen LogP contribution is -2.36. The summed E-state index contributed by atoms with van der Waals surface area (Å²) >= 11 is 0. The van der Waals surface area contributed by atoms with Gasteiger partial charge in [-0.15, -0.1) is 0 Å². The Labute approximate surface area is 128 Å². The lowest BCUT2D eigenvalue weighted by molar-refractivity contribution is 0.123. The van der Waals surface area contributed by atoms with E-state index in [1.807, 2.05) is 18.5 Å². The van der Waals surface area contributed by atoms with Crippen molar-refractivity contribution in [2.45, 2.75) is 6.42 Å². The molecule has 0 aromatic carbocycles. The molecule has 0 unspecified atom stereocenters. The Morgan fingerprint density at radius 1 is 1.32 bits per heavy atom. The van der Waals surface area contributed by atoms with Crippen molar-refractivity contribution in [3.8, 4) is 6.07 Å². The summed E-state index contributed by atoms with van der Waals surface area (Å²) in [5.74, 6) is 0. The SMILES string of the molecule is N#CC1=CC(c2c[nH]c3nccc(N4CCOCC4)c23)=CC1. The van der Waals surface area contributed by atoms with Gasteiger partial charge in [-0.25, -0.2) is 4.98 Å². The van der Waals surface area contributed by atoms with E-state index in [1.165, 1.54) is 5.69 Å². The molecule has 2 aromatic heterocycles. The number of hydrogen-bond donors (Lipinski definition) is 1. The number of fused-ring (bicyclic) bond motifs is 1. The van der Waals surface area contributed by atoms with Crippen LogP contribution in [-0.2, 0) is 4.74 Å². The van der Waals surface area contributed by atoms with E-state index in [-0.39, 0.29) is 0 Å². The van der Waals surface area contributed by atoms with Gasteiger partial charge < -0.3 is 14.6 Å². The molecule has 0 atom stereocenters. The van der Waals surface area contributed by atoms with Gasteiger partial charge in [0.25, 0.3) is 0 Å². The molecule has 2 aliphatic rings. The Balaban J connectivity index is 1.83. The van der Waals surface area contributed by atoms with Gasteiger partial charge in [-0.3, -0.25) is 0 Å². The van der Waals surface area contributed by atoms with Crippen LogP contribution in [0.5, 0.6) is 0 Å². The number of hydrogen-bond acceptors (Lipinski definition) is 4. The molecule has 0 spiro atoms. The molecule has 5 nitrogen and oxygen atoms in total. The zero-order valence-corrected chi connectivity index (χ0v) is 12.2. The lowest BCUT2D eigenvalue weighted by atomic mass is 10.1. The van der Waals surface area contributed by atoms with Crippen LogP contribution in [0.15, 0.2) is 36.2 Å². The van der Waals surface area contributed by atoms with Crippen LogP contribution in [0.4, 0.5) is 5.69 Å². The Morgan fingerprint density at radius 2 is 2.18 bits per heavy atom. The molecule has 0 amide bonds. The standard InChI is InChI=1S/C17H16N4O/c18-10-12-1-2-13(9-12)14-11-20-17-16(14)15(3-4-19-17)21-5-7-22-8-6-21/h2-4,9,11H,1,5-8H2,(H,19,20). The summed E-state index contributed by atoms with van der Waals surface area (Å²) < 4.78 is 5.45. The quantitative estimate of drug-likeness (QED) is 0.924. The van der Waals surface area contributed by atoms with Gasteiger partial charge >= 0.3 is 0 Å². The third-order valence-corrected chi connectivity index (χ3v) is 4.23. The first kappa shape index (κ1) is 13.1. The Bertz CT molecular complexity index is 819. The minimum atomic E-state index is 0.714. The molecule has 4 rings (SSSR count). The summed E-state index contributed by atoms with van der Waals surface area (Å²) in [4.78, 5) is 10.0. The van der Waals surface area contributed by atoms with Crippen molar-refractivity contribution in [3.63, 3.8) is 0 Å². The molecule has 110 valence electrons. The number of rotatable bonds is 2. The molecule has 1 saturated heterocycles. The summed E-state index contributed by atoms with van der Waals surface area (Å²) in [7, 11) is 0. The van der Waals surface area contributed by atoms with E-state index in [4.69, 9.17) is 10.00 Å². The van der Waals surface area contributed by atoms with E-state index >= 15 is 0 Å². The number of H-pyrrole nitrogens is 1. The predicted octanol–water partition coefficient (Wildman–Crippen LogP) is 2.64. The number of anilines is 1. The van der Waals surface area contributed by atoms with E-state index in [0.29, 0.717) is 6.42 Å². The average molecular weight is 292 g/mol. The summed E-state index contributed by atoms with van der Waals surface area (Å²) in [6.07, 6.45) is 8.62. The number of aromatic amines is 1. The molecular weight excluding hydrogens is 276 g/mol. The highest BCUT2D eigenvalue weighted by Gasteiger charge is 2.19. The molecule has 5 heteroatoms. The first-order valence-corrected chi connectivity index (χ1v) is 7.47. The second-order valence-electron chi connectivity index (χ2n) is 5.50. The van der Waals surface area contributed by atoms with Gasteiger partial charge in [0.05, 0.1) is 25.0 Å². The Hall–Kier alpha value is -2.58.